The Hall–Kier alpha value is -3.63. The Morgan fingerprint density at radius 1 is 0.921 bits per heavy atom. The van der Waals surface area contributed by atoms with Crippen LogP contribution < -0.4 is 10.6 Å². The summed E-state index contributed by atoms with van der Waals surface area (Å²) in [5, 5.41) is 20.3. The van der Waals surface area contributed by atoms with Gasteiger partial charge in [-0.1, -0.05) is 52.1 Å². The van der Waals surface area contributed by atoms with Crippen molar-refractivity contribution in [2.24, 2.45) is 0 Å². The molecule has 0 aliphatic carbocycles. The van der Waals surface area contributed by atoms with Crippen LogP contribution in [-0.2, 0) is 11.3 Å². The van der Waals surface area contributed by atoms with E-state index in [0.717, 1.165) is 5.69 Å². The lowest BCUT2D eigenvalue weighted by atomic mass is 10.2. The molecule has 38 heavy (non-hydrogen) atoms. The van der Waals surface area contributed by atoms with Crippen molar-refractivity contribution in [3.8, 4) is 22.8 Å². The Bertz CT molecular complexity index is 1600. The molecule has 0 unspecified atom stereocenters. The van der Waals surface area contributed by atoms with Crippen molar-refractivity contribution < 1.29 is 4.79 Å². The molecular weight excluding hydrogens is 570 g/mol. The zero-order valence-corrected chi connectivity index (χ0v) is 22.5. The number of hydrogen-bond donors (Lipinski definition) is 2. The van der Waals surface area contributed by atoms with Gasteiger partial charge < -0.3 is 10.6 Å². The number of nitrogens with one attached hydrogen (secondary N) is 2. The molecule has 3 aromatic carbocycles. The zero-order valence-electron chi connectivity index (χ0n) is 19.4. The third-order valence-corrected chi connectivity index (χ3v) is 6.67. The average Bonchev–Trinajstić information content (AvgIpc) is 3.57. The van der Waals surface area contributed by atoms with Crippen LogP contribution in [0.4, 0.5) is 11.6 Å². The van der Waals surface area contributed by atoms with E-state index in [1.54, 1.807) is 58.0 Å². The number of halogens is 4. The monoisotopic (exact) mass is 586 g/mol. The van der Waals surface area contributed by atoms with Gasteiger partial charge in [-0.25, -0.2) is 9.36 Å². The Labute approximate surface area is 237 Å². The lowest BCUT2D eigenvalue weighted by Crippen LogP contribution is -2.12. The maximum Gasteiger partial charge on any atom is 0.243 e. The van der Waals surface area contributed by atoms with Crippen LogP contribution in [0, 0.1) is 0 Å². The molecule has 0 fully saturated rings. The number of nitrogens with zero attached hydrogens (tertiary/aromatic N) is 6. The molecule has 9 nitrogen and oxygen atoms in total. The van der Waals surface area contributed by atoms with E-state index in [9.17, 15) is 4.79 Å². The van der Waals surface area contributed by atoms with E-state index < -0.39 is 0 Å². The molecule has 0 saturated heterocycles. The van der Waals surface area contributed by atoms with Gasteiger partial charge in [-0.2, -0.15) is 4.98 Å². The average molecular weight is 588 g/mol. The van der Waals surface area contributed by atoms with Crippen LogP contribution in [0.5, 0.6) is 0 Å². The first-order valence-electron chi connectivity index (χ1n) is 11.2. The van der Waals surface area contributed by atoms with Crippen molar-refractivity contribution in [1.29, 1.82) is 0 Å². The second kappa shape index (κ2) is 11.4. The summed E-state index contributed by atoms with van der Waals surface area (Å²) in [5.74, 6) is 0.462. The summed E-state index contributed by atoms with van der Waals surface area (Å²) in [6, 6.07) is 19.7. The lowest BCUT2D eigenvalue weighted by molar-refractivity contribution is -0.113. The summed E-state index contributed by atoms with van der Waals surface area (Å²) in [5.41, 5.74) is 3.42. The molecule has 2 N–H and O–H groups in total. The van der Waals surface area contributed by atoms with Gasteiger partial charge in [0.05, 0.1) is 39.2 Å². The fraction of sp³-hybridized carbons (Fsp3) is 0.0800. The molecule has 0 bridgehead atoms. The van der Waals surface area contributed by atoms with Crippen molar-refractivity contribution in [2.45, 2.75) is 6.54 Å². The van der Waals surface area contributed by atoms with E-state index in [4.69, 9.17) is 46.4 Å². The van der Waals surface area contributed by atoms with Crippen molar-refractivity contribution in [1.82, 2.24) is 29.8 Å². The van der Waals surface area contributed by atoms with Crippen molar-refractivity contribution >= 4 is 63.9 Å². The van der Waals surface area contributed by atoms with E-state index >= 15 is 0 Å². The largest absolute Gasteiger partial charge is 0.347 e. The number of amides is 1. The number of aromatic nitrogens is 6. The first-order chi connectivity index (χ1) is 18.4. The molecule has 2 aromatic heterocycles. The summed E-state index contributed by atoms with van der Waals surface area (Å²) in [6.07, 6.45) is 1.78. The minimum atomic E-state index is -0.297. The third-order valence-electron chi connectivity index (χ3n) is 5.37. The molecule has 13 heteroatoms. The van der Waals surface area contributed by atoms with Crippen LogP contribution in [0.25, 0.3) is 22.8 Å². The highest BCUT2D eigenvalue weighted by Crippen LogP contribution is 2.30. The second-order valence-corrected chi connectivity index (χ2v) is 9.48. The Balaban J connectivity index is 1.42. The predicted octanol–water partition coefficient (Wildman–Crippen LogP) is 6.26. The standard InChI is InChI=1S/C25H18Cl4N8O/c26-12-23(38)31-16-6-8-18(9-7-16)37-24(15-5-10-19(27)21(29)11-15)32-25(34-37)30-13-17-14-36(35-33-17)22-4-2-1-3-20(22)28/h1-11,14H,12-13H2,(H,30,34)(H,31,38). The van der Waals surface area contributed by atoms with Crippen molar-refractivity contribution in [3.63, 3.8) is 0 Å². The summed E-state index contributed by atoms with van der Waals surface area (Å²) in [4.78, 5) is 16.3. The van der Waals surface area contributed by atoms with E-state index in [-0.39, 0.29) is 11.8 Å². The van der Waals surface area contributed by atoms with Crippen LogP contribution in [0.15, 0.2) is 72.9 Å². The van der Waals surface area contributed by atoms with Gasteiger partial charge in [-0.3, -0.25) is 4.79 Å². The number of anilines is 2. The molecule has 0 spiro atoms. The van der Waals surface area contributed by atoms with Gasteiger partial charge in [-0.05, 0) is 54.6 Å². The summed E-state index contributed by atoms with van der Waals surface area (Å²) in [7, 11) is 0. The van der Waals surface area contributed by atoms with Crippen molar-refractivity contribution in [3.05, 3.63) is 93.7 Å². The van der Waals surface area contributed by atoms with E-state index in [2.05, 4.69) is 31.0 Å². The summed E-state index contributed by atoms with van der Waals surface area (Å²) in [6.45, 7) is 0.318. The number of rotatable bonds is 8. The minimum Gasteiger partial charge on any atom is -0.347 e. The number of benzene rings is 3. The van der Waals surface area contributed by atoms with Crippen LogP contribution in [0.2, 0.25) is 15.1 Å². The highest BCUT2D eigenvalue weighted by atomic mass is 35.5. The van der Waals surface area contributed by atoms with Crippen LogP contribution in [-0.4, -0.2) is 41.5 Å². The Kier molecular flexibility index (Phi) is 7.80. The normalized spacial score (nSPS) is 10.9. The van der Waals surface area contributed by atoms with Gasteiger partial charge in [0.1, 0.15) is 11.6 Å². The van der Waals surface area contributed by atoms with E-state index in [1.807, 2.05) is 24.3 Å². The molecule has 1 amide bonds. The summed E-state index contributed by atoms with van der Waals surface area (Å²) >= 11 is 24.2. The second-order valence-electron chi connectivity index (χ2n) is 7.99. The molecule has 2 heterocycles. The molecular formula is C25H18Cl4N8O. The highest BCUT2D eigenvalue weighted by Gasteiger charge is 2.16. The Morgan fingerprint density at radius 3 is 2.45 bits per heavy atom. The molecule has 192 valence electrons. The number of carbonyl (C=O) groups is 1. The molecule has 0 atom stereocenters. The van der Waals surface area contributed by atoms with E-state index in [0.29, 0.717) is 56.0 Å². The van der Waals surface area contributed by atoms with Gasteiger partial charge in [0, 0.05) is 11.3 Å². The number of hydrogen-bond acceptors (Lipinski definition) is 6. The fourth-order valence-electron chi connectivity index (χ4n) is 3.57. The first-order valence-corrected chi connectivity index (χ1v) is 12.9. The molecule has 5 aromatic rings. The fourth-order valence-corrected chi connectivity index (χ4v) is 4.16. The highest BCUT2D eigenvalue weighted by molar-refractivity contribution is 6.42. The van der Waals surface area contributed by atoms with Crippen LogP contribution in [0.1, 0.15) is 5.69 Å². The summed E-state index contributed by atoms with van der Waals surface area (Å²) < 4.78 is 3.27. The molecule has 5 rings (SSSR count). The number of carbonyl (C=O) groups excluding carboxylic acids is 1. The van der Waals surface area contributed by atoms with E-state index in [1.165, 1.54) is 0 Å². The quantitative estimate of drug-likeness (QED) is 0.208. The Morgan fingerprint density at radius 2 is 1.71 bits per heavy atom. The van der Waals surface area contributed by atoms with Crippen molar-refractivity contribution in [2.75, 3.05) is 16.5 Å². The zero-order chi connectivity index (χ0) is 26.6. The smallest absolute Gasteiger partial charge is 0.243 e. The maximum absolute atomic E-state index is 11.6. The molecule has 0 saturated carbocycles. The van der Waals surface area contributed by atoms with Gasteiger partial charge in [-0.15, -0.1) is 21.8 Å². The molecule has 0 radical (unpaired) electrons. The lowest BCUT2D eigenvalue weighted by Gasteiger charge is -2.08. The van der Waals surface area contributed by atoms with Crippen LogP contribution in [0.3, 0.4) is 0 Å². The SMILES string of the molecule is O=C(CCl)Nc1ccc(-n2nc(NCc3cn(-c4ccccc4Cl)nn3)nc2-c2ccc(Cl)c(Cl)c2)cc1. The third kappa shape index (κ3) is 5.76. The topological polar surface area (TPSA) is 103 Å². The van der Waals surface area contributed by atoms with Gasteiger partial charge in [0.15, 0.2) is 5.82 Å². The molecule has 0 aliphatic rings. The first kappa shape index (κ1) is 26.0. The minimum absolute atomic E-state index is 0.131. The van der Waals surface area contributed by atoms with Gasteiger partial charge in [0.2, 0.25) is 11.9 Å². The number of alkyl halides is 1. The molecule has 0 aliphatic heterocycles. The maximum atomic E-state index is 11.6. The predicted molar refractivity (Wildman–Crippen MR) is 150 cm³/mol. The van der Waals surface area contributed by atoms with Gasteiger partial charge in [0.25, 0.3) is 0 Å². The van der Waals surface area contributed by atoms with Gasteiger partial charge >= 0.3 is 0 Å². The number of para-hydroxylation sites is 1. The van der Waals surface area contributed by atoms with Crippen LogP contribution >= 0.6 is 46.4 Å².